The summed E-state index contributed by atoms with van der Waals surface area (Å²) in [4.78, 5) is 0. The normalized spacial score (nSPS) is 13.5. The van der Waals surface area contributed by atoms with Gasteiger partial charge in [0.25, 0.3) is 0 Å². The first-order chi connectivity index (χ1) is 8.48. The maximum absolute atomic E-state index is 11.4. The third kappa shape index (κ3) is 5.08. The van der Waals surface area contributed by atoms with Gasteiger partial charge in [-0.2, -0.15) is 0 Å². The van der Waals surface area contributed by atoms with Crippen molar-refractivity contribution in [2.24, 2.45) is 5.73 Å². The molecule has 0 aliphatic rings. The third-order valence-electron chi connectivity index (χ3n) is 3.05. The quantitative estimate of drug-likeness (QED) is 0.834. The molecule has 1 aromatic carbocycles. The fraction of sp³-hybridized carbons (Fsp3) is 0.538. The maximum Gasteiger partial charge on any atom is 0.150 e. The first-order valence-corrected chi connectivity index (χ1v) is 8.76. The molecule has 0 aliphatic carbocycles. The van der Waals surface area contributed by atoms with E-state index < -0.39 is 9.84 Å². The molecule has 1 rings (SSSR count). The minimum Gasteiger partial charge on any atom is -0.330 e. The average molecular weight is 334 g/mol. The van der Waals surface area contributed by atoms with Gasteiger partial charge < -0.3 is 5.73 Å². The fourth-order valence-electron chi connectivity index (χ4n) is 1.88. The predicted molar refractivity (Wildman–Crippen MR) is 79.5 cm³/mol. The summed E-state index contributed by atoms with van der Waals surface area (Å²) in [6.45, 7) is 2.23. The number of halogens is 1. The van der Waals surface area contributed by atoms with Gasteiger partial charge in [0.15, 0.2) is 0 Å². The van der Waals surface area contributed by atoms with E-state index in [1.54, 1.807) is 6.92 Å². The molecule has 0 aliphatic heterocycles. The van der Waals surface area contributed by atoms with Crippen LogP contribution in [0.3, 0.4) is 0 Å². The Morgan fingerprint density at radius 2 is 2.11 bits per heavy atom. The lowest BCUT2D eigenvalue weighted by atomic mass is 9.95. The molecule has 5 heteroatoms. The van der Waals surface area contributed by atoms with Crippen LogP contribution in [0, 0.1) is 0 Å². The molecule has 0 fully saturated rings. The van der Waals surface area contributed by atoms with Gasteiger partial charge >= 0.3 is 0 Å². The second kappa shape index (κ2) is 7.26. The summed E-state index contributed by atoms with van der Waals surface area (Å²) in [5, 5.41) is 0. The topological polar surface area (TPSA) is 60.2 Å². The summed E-state index contributed by atoms with van der Waals surface area (Å²) >= 11 is 3.43. The average Bonchev–Trinajstić information content (AvgIpc) is 2.34. The van der Waals surface area contributed by atoms with Crippen LogP contribution >= 0.6 is 15.9 Å². The Kier molecular flexibility index (Phi) is 6.32. The highest BCUT2D eigenvalue weighted by atomic mass is 79.9. The van der Waals surface area contributed by atoms with E-state index in [-0.39, 0.29) is 17.4 Å². The van der Waals surface area contributed by atoms with Crippen LogP contribution in [0.15, 0.2) is 28.7 Å². The number of hydrogen-bond acceptors (Lipinski definition) is 3. The van der Waals surface area contributed by atoms with E-state index in [0.29, 0.717) is 13.0 Å². The lowest BCUT2D eigenvalue weighted by Crippen LogP contribution is -2.15. The smallest absolute Gasteiger partial charge is 0.150 e. The number of benzene rings is 1. The molecule has 3 nitrogen and oxygen atoms in total. The molecule has 0 spiro atoms. The second-order valence-electron chi connectivity index (χ2n) is 4.37. The summed E-state index contributed by atoms with van der Waals surface area (Å²) in [6, 6.07) is 8.03. The Labute approximate surface area is 118 Å². The summed E-state index contributed by atoms with van der Waals surface area (Å²) in [5.74, 6) is 0.708. The standard InChI is InChI=1S/C13H20BrNO2S/c1-2-18(16,17)8-4-6-12(10-15)11-5-3-7-13(14)9-11/h3,5,7,9,12H,2,4,6,8,10,15H2,1H3. The van der Waals surface area contributed by atoms with Crippen molar-refractivity contribution in [1.82, 2.24) is 0 Å². The molecule has 1 atom stereocenters. The number of sulfone groups is 1. The molecule has 1 aromatic rings. The zero-order valence-corrected chi connectivity index (χ0v) is 13.0. The third-order valence-corrected chi connectivity index (χ3v) is 5.34. The van der Waals surface area contributed by atoms with Crippen molar-refractivity contribution in [2.75, 3.05) is 18.1 Å². The lowest BCUT2D eigenvalue weighted by Gasteiger charge is -2.15. The predicted octanol–water partition coefficient (Wildman–Crippen LogP) is 2.71. The summed E-state index contributed by atoms with van der Waals surface area (Å²) in [6.07, 6.45) is 1.48. The molecule has 0 amide bonds. The molecular formula is C13H20BrNO2S. The van der Waals surface area contributed by atoms with E-state index in [0.717, 1.165) is 10.9 Å². The first-order valence-electron chi connectivity index (χ1n) is 6.14. The van der Waals surface area contributed by atoms with Crippen LogP contribution in [0.5, 0.6) is 0 Å². The molecule has 0 aromatic heterocycles. The van der Waals surface area contributed by atoms with Crippen molar-refractivity contribution >= 4 is 25.8 Å². The number of hydrogen-bond donors (Lipinski definition) is 1. The summed E-state index contributed by atoms with van der Waals surface area (Å²) in [7, 11) is -2.86. The van der Waals surface area contributed by atoms with Crippen molar-refractivity contribution < 1.29 is 8.42 Å². The highest BCUT2D eigenvalue weighted by Gasteiger charge is 2.13. The van der Waals surface area contributed by atoms with E-state index >= 15 is 0 Å². The van der Waals surface area contributed by atoms with Crippen LogP contribution in [-0.2, 0) is 9.84 Å². The molecule has 18 heavy (non-hydrogen) atoms. The molecule has 1 unspecified atom stereocenters. The lowest BCUT2D eigenvalue weighted by molar-refractivity contribution is 0.581. The molecule has 0 saturated heterocycles. The van der Waals surface area contributed by atoms with Crippen molar-refractivity contribution in [3.05, 3.63) is 34.3 Å². The van der Waals surface area contributed by atoms with E-state index in [4.69, 9.17) is 5.73 Å². The SMILES string of the molecule is CCS(=O)(=O)CCCC(CN)c1cccc(Br)c1. The van der Waals surface area contributed by atoms with Crippen LogP contribution < -0.4 is 5.73 Å². The first kappa shape index (κ1) is 15.7. The monoisotopic (exact) mass is 333 g/mol. The summed E-state index contributed by atoms with van der Waals surface area (Å²) in [5.41, 5.74) is 6.94. The molecule has 102 valence electrons. The minimum absolute atomic E-state index is 0.219. The van der Waals surface area contributed by atoms with Crippen LogP contribution in [0.4, 0.5) is 0 Å². The zero-order valence-electron chi connectivity index (χ0n) is 10.6. The van der Waals surface area contributed by atoms with Crippen LogP contribution in [0.2, 0.25) is 0 Å². The zero-order chi connectivity index (χ0) is 13.6. The highest BCUT2D eigenvalue weighted by Crippen LogP contribution is 2.23. The highest BCUT2D eigenvalue weighted by molar-refractivity contribution is 9.10. The molecule has 0 bridgehead atoms. The van der Waals surface area contributed by atoms with Crippen LogP contribution in [0.1, 0.15) is 31.2 Å². The van der Waals surface area contributed by atoms with Gasteiger partial charge in [-0.15, -0.1) is 0 Å². The van der Waals surface area contributed by atoms with Crippen LogP contribution in [0.25, 0.3) is 0 Å². The Bertz CT molecular complexity index is 474. The van der Waals surface area contributed by atoms with Crippen molar-refractivity contribution in [2.45, 2.75) is 25.7 Å². The van der Waals surface area contributed by atoms with E-state index in [9.17, 15) is 8.42 Å². The van der Waals surface area contributed by atoms with E-state index in [1.165, 1.54) is 5.56 Å². The van der Waals surface area contributed by atoms with Gasteiger partial charge in [-0.25, -0.2) is 8.42 Å². The van der Waals surface area contributed by atoms with E-state index in [1.807, 2.05) is 24.3 Å². The Morgan fingerprint density at radius 3 is 2.67 bits per heavy atom. The van der Waals surface area contributed by atoms with Gasteiger partial charge in [0.1, 0.15) is 9.84 Å². The number of nitrogens with two attached hydrogens (primary N) is 1. The molecule has 0 radical (unpaired) electrons. The van der Waals surface area contributed by atoms with Crippen molar-refractivity contribution in [3.8, 4) is 0 Å². The Hall–Kier alpha value is -0.390. The maximum atomic E-state index is 11.4. The van der Waals surface area contributed by atoms with Crippen molar-refractivity contribution in [1.29, 1.82) is 0 Å². The molecule has 0 heterocycles. The Morgan fingerprint density at radius 1 is 1.39 bits per heavy atom. The fourth-order valence-corrected chi connectivity index (χ4v) is 3.19. The van der Waals surface area contributed by atoms with Gasteiger partial charge in [-0.3, -0.25) is 0 Å². The molecule has 2 N–H and O–H groups in total. The van der Waals surface area contributed by atoms with Gasteiger partial charge in [-0.05, 0) is 43.0 Å². The summed E-state index contributed by atoms with van der Waals surface area (Å²) < 4.78 is 23.9. The molecule has 0 saturated carbocycles. The van der Waals surface area contributed by atoms with Gasteiger partial charge in [0.05, 0.1) is 5.75 Å². The van der Waals surface area contributed by atoms with Crippen molar-refractivity contribution in [3.63, 3.8) is 0 Å². The number of rotatable bonds is 7. The van der Waals surface area contributed by atoms with Gasteiger partial charge in [0.2, 0.25) is 0 Å². The Balaban J connectivity index is 2.58. The van der Waals surface area contributed by atoms with E-state index in [2.05, 4.69) is 15.9 Å². The van der Waals surface area contributed by atoms with Gasteiger partial charge in [-0.1, -0.05) is 35.0 Å². The minimum atomic E-state index is -2.86. The van der Waals surface area contributed by atoms with Gasteiger partial charge in [0, 0.05) is 10.2 Å². The largest absolute Gasteiger partial charge is 0.330 e. The van der Waals surface area contributed by atoms with Crippen LogP contribution in [-0.4, -0.2) is 26.5 Å². The second-order valence-corrected chi connectivity index (χ2v) is 7.75. The molecular weight excluding hydrogens is 314 g/mol.